The number of nitrogens with zero attached hydrogens (tertiary/aromatic N) is 1. The van der Waals surface area contributed by atoms with Crippen LogP contribution in [0, 0.1) is 5.82 Å². The molecule has 7 heteroatoms. The summed E-state index contributed by atoms with van der Waals surface area (Å²) < 4.78 is 19.7. The van der Waals surface area contributed by atoms with Gasteiger partial charge in [-0.05, 0) is 30.5 Å². The van der Waals surface area contributed by atoms with Crippen LogP contribution in [-0.2, 0) is 14.9 Å². The summed E-state index contributed by atoms with van der Waals surface area (Å²) in [5.74, 6) is -0.451. The first-order valence-electron chi connectivity index (χ1n) is 8.18. The molecule has 130 valence electrons. The number of hydrogen-bond donors (Lipinski definition) is 2. The SMILES string of the molecule is CC(=O)NCC[C@H]1CN(c2ccc(C3(CN)CC3)c(F)c2)C(=O)O1. The Hall–Kier alpha value is -2.15. The molecular formula is C17H22FN3O3. The Labute approximate surface area is 140 Å². The van der Waals surface area contributed by atoms with Crippen LogP contribution < -0.4 is 16.0 Å². The van der Waals surface area contributed by atoms with E-state index >= 15 is 0 Å². The molecule has 3 N–H and O–H groups in total. The van der Waals surface area contributed by atoms with E-state index in [1.807, 2.05) is 0 Å². The second kappa shape index (κ2) is 6.39. The van der Waals surface area contributed by atoms with Crippen LogP contribution in [0.3, 0.4) is 0 Å². The molecule has 1 heterocycles. The zero-order valence-electron chi connectivity index (χ0n) is 13.7. The molecule has 1 aromatic carbocycles. The van der Waals surface area contributed by atoms with Crippen LogP contribution in [0.5, 0.6) is 0 Å². The number of nitrogens with two attached hydrogens (primary N) is 1. The predicted molar refractivity (Wildman–Crippen MR) is 87.3 cm³/mol. The number of ether oxygens (including phenoxy) is 1. The highest BCUT2D eigenvalue weighted by Gasteiger charge is 2.45. The van der Waals surface area contributed by atoms with Crippen molar-refractivity contribution in [1.29, 1.82) is 0 Å². The molecule has 1 atom stereocenters. The fourth-order valence-electron chi connectivity index (χ4n) is 3.13. The van der Waals surface area contributed by atoms with E-state index in [2.05, 4.69) is 5.32 Å². The van der Waals surface area contributed by atoms with Gasteiger partial charge in [0.05, 0.1) is 12.2 Å². The molecular weight excluding hydrogens is 313 g/mol. The van der Waals surface area contributed by atoms with Crippen molar-refractivity contribution in [2.75, 3.05) is 24.5 Å². The summed E-state index contributed by atoms with van der Waals surface area (Å²) in [6, 6.07) is 4.84. The Balaban J connectivity index is 1.67. The third-order valence-corrected chi connectivity index (χ3v) is 4.79. The van der Waals surface area contributed by atoms with Crippen molar-refractivity contribution in [3.63, 3.8) is 0 Å². The summed E-state index contributed by atoms with van der Waals surface area (Å²) in [5.41, 5.74) is 6.64. The van der Waals surface area contributed by atoms with Gasteiger partial charge in [0.25, 0.3) is 0 Å². The molecule has 2 amide bonds. The van der Waals surface area contributed by atoms with Crippen LogP contribution in [0.25, 0.3) is 0 Å². The second-order valence-corrected chi connectivity index (χ2v) is 6.54. The number of carbonyl (C=O) groups is 2. The molecule has 1 saturated carbocycles. The average molecular weight is 335 g/mol. The highest BCUT2D eigenvalue weighted by molar-refractivity contribution is 5.89. The molecule has 0 radical (unpaired) electrons. The molecule has 0 spiro atoms. The Morgan fingerprint density at radius 3 is 2.83 bits per heavy atom. The molecule has 6 nitrogen and oxygen atoms in total. The third kappa shape index (κ3) is 3.21. The third-order valence-electron chi connectivity index (χ3n) is 4.79. The van der Waals surface area contributed by atoms with E-state index in [0.717, 1.165) is 12.8 Å². The molecule has 0 bridgehead atoms. The Morgan fingerprint density at radius 1 is 1.50 bits per heavy atom. The van der Waals surface area contributed by atoms with E-state index < -0.39 is 6.09 Å². The molecule has 3 rings (SSSR count). The first-order chi connectivity index (χ1) is 11.4. The smallest absolute Gasteiger partial charge is 0.414 e. The summed E-state index contributed by atoms with van der Waals surface area (Å²) in [6.07, 6.45) is 1.52. The van der Waals surface area contributed by atoms with E-state index in [0.29, 0.717) is 37.3 Å². The highest BCUT2D eigenvalue weighted by Crippen LogP contribution is 2.48. The van der Waals surface area contributed by atoms with Crippen molar-refractivity contribution < 1.29 is 18.7 Å². The van der Waals surface area contributed by atoms with E-state index in [4.69, 9.17) is 10.5 Å². The molecule has 2 fully saturated rings. The van der Waals surface area contributed by atoms with Gasteiger partial charge in [0.1, 0.15) is 11.9 Å². The van der Waals surface area contributed by atoms with Crippen molar-refractivity contribution in [3.05, 3.63) is 29.6 Å². The summed E-state index contributed by atoms with van der Waals surface area (Å²) >= 11 is 0. The molecule has 0 unspecified atom stereocenters. The number of anilines is 1. The zero-order valence-corrected chi connectivity index (χ0v) is 13.7. The minimum Gasteiger partial charge on any atom is -0.444 e. The maximum atomic E-state index is 14.5. The van der Waals surface area contributed by atoms with Gasteiger partial charge in [-0.15, -0.1) is 0 Å². The van der Waals surface area contributed by atoms with Gasteiger partial charge < -0.3 is 15.8 Å². The van der Waals surface area contributed by atoms with E-state index in [9.17, 15) is 14.0 Å². The van der Waals surface area contributed by atoms with Crippen molar-refractivity contribution in [3.8, 4) is 0 Å². The maximum Gasteiger partial charge on any atom is 0.414 e. The average Bonchev–Trinajstić information content (AvgIpc) is 3.24. The number of carbonyl (C=O) groups excluding carboxylic acids is 2. The lowest BCUT2D eigenvalue weighted by atomic mass is 9.95. The van der Waals surface area contributed by atoms with Crippen LogP contribution >= 0.6 is 0 Å². The van der Waals surface area contributed by atoms with Gasteiger partial charge in [0, 0.05) is 31.8 Å². The summed E-state index contributed by atoms with van der Waals surface area (Å²) in [5, 5.41) is 2.67. The van der Waals surface area contributed by atoms with Gasteiger partial charge in [0.2, 0.25) is 5.91 Å². The van der Waals surface area contributed by atoms with Gasteiger partial charge in [-0.25, -0.2) is 9.18 Å². The number of cyclic esters (lactones) is 1. The normalized spacial score (nSPS) is 21.5. The Bertz CT molecular complexity index is 660. The minimum atomic E-state index is -0.491. The summed E-state index contributed by atoms with van der Waals surface area (Å²) in [7, 11) is 0. The number of nitrogens with one attached hydrogen (secondary N) is 1. The van der Waals surface area contributed by atoms with Crippen molar-refractivity contribution in [2.45, 2.75) is 37.7 Å². The fourth-order valence-corrected chi connectivity index (χ4v) is 3.13. The van der Waals surface area contributed by atoms with Crippen LogP contribution in [0.15, 0.2) is 18.2 Å². The van der Waals surface area contributed by atoms with E-state index in [-0.39, 0.29) is 23.2 Å². The minimum absolute atomic E-state index is 0.122. The molecule has 1 saturated heterocycles. The fraction of sp³-hybridized carbons (Fsp3) is 0.529. The number of hydrogen-bond acceptors (Lipinski definition) is 4. The van der Waals surface area contributed by atoms with Gasteiger partial charge >= 0.3 is 6.09 Å². The topological polar surface area (TPSA) is 84.7 Å². The molecule has 1 aliphatic heterocycles. The monoisotopic (exact) mass is 335 g/mol. The summed E-state index contributed by atoms with van der Waals surface area (Å²) in [6.45, 7) is 2.65. The molecule has 0 aromatic heterocycles. The lowest BCUT2D eigenvalue weighted by molar-refractivity contribution is -0.119. The van der Waals surface area contributed by atoms with Crippen molar-refractivity contribution >= 4 is 17.7 Å². The van der Waals surface area contributed by atoms with Crippen LogP contribution in [0.1, 0.15) is 31.7 Å². The number of halogens is 1. The lowest BCUT2D eigenvalue weighted by Crippen LogP contribution is -2.28. The highest BCUT2D eigenvalue weighted by atomic mass is 19.1. The van der Waals surface area contributed by atoms with E-state index in [1.165, 1.54) is 17.9 Å². The summed E-state index contributed by atoms with van der Waals surface area (Å²) in [4.78, 5) is 24.3. The molecule has 1 aliphatic carbocycles. The van der Waals surface area contributed by atoms with Crippen molar-refractivity contribution in [2.24, 2.45) is 5.73 Å². The van der Waals surface area contributed by atoms with Crippen LogP contribution in [-0.4, -0.2) is 37.7 Å². The van der Waals surface area contributed by atoms with Gasteiger partial charge in [-0.3, -0.25) is 9.69 Å². The first kappa shape index (κ1) is 16.7. The molecule has 24 heavy (non-hydrogen) atoms. The van der Waals surface area contributed by atoms with Crippen LogP contribution in [0.4, 0.5) is 14.9 Å². The zero-order chi connectivity index (χ0) is 17.3. The predicted octanol–water partition coefficient (Wildman–Crippen LogP) is 1.67. The number of benzene rings is 1. The largest absolute Gasteiger partial charge is 0.444 e. The number of rotatable bonds is 6. The molecule has 1 aromatic rings. The van der Waals surface area contributed by atoms with Gasteiger partial charge in [0.15, 0.2) is 0 Å². The lowest BCUT2D eigenvalue weighted by Gasteiger charge is -2.18. The van der Waals surface area contributed by atoms with Crippen LogP contribution in [0.2, 0.25) is 0 Å². The first-order valence-corrected chi connectivity index (χ1v) is 8.18. The number of amides is 2. The standard InChI is InChI=1S/C17H22FN3O3/c1-11(22)20-7-4-13-9-21(16(23)24-13)12-2-3-14(15(18)8-12)17(10-19)5-6-17/h2-3,8,13H,4-7,9-10,19H2,1H3,(H,20,22)/t13-/m0/s1. The molecule has 2 aliphatic rings. The Kier molecular flexibility index (Phi) is 4.45. The quantitative estimate of drug-likeness (QED) is 0.828. The van der Waals surface area contributed by atoms with Gasteiger partial charge in [-0.1, -0.05) is 6.07 Å². The van der Waals surface area contributed by atoms with E-state index in [1.54, 1.807) is 12.1 Å². The second-order valence-electron chi connectivity index (χ2n) is 6.54. The maximum absolute atomic E-state index is 14.5. The Morgan fingerprint density at radius 2 is 2.25 bits per heavy atom. The van der Waals surface area contributed by atoms with Gasteiger partial charge in [-0.2, -0.15) is 0 Å². The van der Waals surface area contributed by atoms with Crippen molar-refractivity contribution in [1.82, 2.24) is 5.32 Å².